The zero-order valence-corrected chi connectivity index (χ0v) is 17.9. The van der Waals surface area contributed by atoms with Gasteiger partial charge in [-0.05, 0) is 0 Å². The molecule has 14 heteroatoms. The summed E-state index contributed by atoms with van der Waals surface area (Å²) in [6.07, 6.45) is -12.7. The van der Waals surface area contributed by atoms with Crippen LogP contribution in [0.5, 0.6) is 0 Å². The first kappa shape index (κ1) is 28.1. The first-order valence-corrected chi connectivity index (χ1v) is 6.48. The molecule has 12 nitrogen and oxygen atoms in total. The maximum atomic E-state index is 11.6. The predicted molar refractivity (Wildman–Crippen MR) is 71.0 cm³/mol. The van der Waals surface area contributed by atoms with Crippen LogP contribution in [0.2, 0.25) is 0 Å². The fraction of sp³-hybridized carbons (Fsp3) is 0.583. The van der Waals surface area contributed by atoms with Crippen molar-refractivity contribution in [2.75, 3.05) is 6.61 Å². The van der Waals surface area contributed by atoms with Gasteiger partial charge in [-0.15, -0.1) is 0 Å². The van der Waals surface area contributed by atoms with Gasteiger partial charge in [0.25, 0.3) is 5.76 Å². The van der Waals surface area contributed by atoms with Crippen LogP contribution < -0.4 is 59.1 Å². The first-order chi connectivity index (χ1) is 11.1. The summed E-state index contributed by atoms with van der Waals surface area (Å²) in [6, 6.07) is 0. The minimum absolute atomic E-state index is 0. The van der Waals surface area contributed by atoms with Gasteiger partial charge in [0.05, 0.1) is 6.61 Å². The van der Waals surface area contributed by atoms with E-state index in [4.69, 9.17) is 10.2 Å². The van der Waals surface area contributed by atoms with Crippen molar-refractivity contribution in [3.63, 3.8) is 0 Å². The normalized spacial score (nSPS) is 22.1. The van der Waals surface area contributed by atoms with E-state index in [2.05, 4.69) is 9.47 Å². The SMILES string of the molecule is O=C[C@H](O)[C@@H](O)[C@H](O)[C@H](O)C(=O)OC1=C(O)[C@@H]([C@@H](O)CO)OC1=O.[H-].[H-].[Na+].[Na+]. The molecule has 0 aromatic rings. The number of aliphatic hydroxyl groups excluding tert-OH is 7. The van der Waals surface area contributed by atoms with Gasteiger partial charge < -0.3 is 52.9 Å². The average Bonchev–Trinajstić information content (AvgIpc) is 2.86. The summed E-state index contributed by atoms with van der Waals surface area (Å²) in [7, 11) is 0. The van der Waals surface area contributed by atoms with E-state index in [1.165, 1.54) is 0 Å². The summed E-state index contributed by atoms with van der Waals surface area (Å²) >= 11 is 0. The van der Waals surface area contributed by atoms with Crippen LogP contribution in [0.4, 0.5) is 0 Å². The number of rotatable bonds is 8. The van der Waals surface area contributed by atoms with Crippen LogP contribution in [-0.2, 0) is 23.9 Å². The number of esters is 2. The Morgan fingerprint density at radius 1 is 1.19 bits per heavy atom. The van der Waals surface area contributed by atoms with Crippen LogP contribution in [0.15, 0.2) is 11.5 Å². The fourth-order valence-electron chi connectivity index (χ4n) is 1.68. The molecule has 0 aromatic carbocycles. The summed E-state index contributed by atoms with van der Waals surface area (Å²) in [5.74, 6) is -5.26. The Hall–Kier alpha value is -0.0900. The molecule has 0 radical (unpaired) electrons. The molecule has 0 aliphatic carbocycles. The molecular weight excluding hydrogens is 382 g/mol. The second-order valence-electron chi connectivity index (χ2n) is 4.76. The maximum Gasteiger partial charge on any atom is 1.00 e. The zero-order valence-electron chi connectivity index (χ0n) is 15.9. The second-order valence-corrected chi connectivity index (χ2v) is 4.76. The van der Waals surface area contributed by atoms with Gasteiger partial charge in [0.1, 0.15) is 24.4 Å². The van der Waals surface area contributed by atoms with E-state index in [0.29, 0.717) is 0 Å². The Labute approximate surface area is 193 Å². The summed E-state index contributed by atoms with van der Waals surface area (Å²) in [5, 5.41) is 64.9. The van der Waals surface area contributed by atoms with E-state index in [-0.39, 0.29) is 68.3 Å². The predicted octanol–water partition coefficient (Wildman–Crippen LogP) is -10.5. The molecule has 6 atom stereocenters. The number of cyclic esters (lactones) is 1. The molecule has 140 valence electrons. The molecule has 0 unspecified atom stereocenters. The van der Waals surface area contributed by atoms with Crippen molar-refractivity contribution in [1.29, 1.82) is 0 Å². The van der Waals surface area contributed by atoms with E-state index >= 15 is 0 Å². The van der Waals surface area contributed by atoms with Crippen LogP contribution in [0.3, 0.4) is 0 Å². The van der Waals surface area contributed by atoms with E-state index in [9.17, 15) is 39.9 Å². The number of hydrogen-bond acceptors (Lipinski definition) is 12. The fourth-order valence-corrected chi connectivity index (χ4v) is 1.68. The molecule has 26 heavy (non-hydrogen) atoms. The Bertz CT molecular complexity index is 549. The second kappa shape index (κ2) is 12.4. The Morgan fingerprint density at radius 3 is 2.19 bits per heavy atom. The van der Waals surface area contributed by atoms with Crippen molar-refractivity contribution in [3.8, 4) is 0 Å². The quantitative estimate of drug-likeness (QED) is 0.115. The molecule has 1 aliphatic heterocycles. The number of aliphatic hydroxyl groups is 7. The van der Waals surface area contributed by atoms with E-state index in [0.717, 1.165) is 0 Å². The van der Waals surface area contributed by atoms with Gasteiger partial charge >= 0.3 is 71.1 Å². The van der Waals surface area contributed by atoms with Gasteiger partial charge in [-0.3, -0.25) is 0 Å². The number of carbonyl (C=O) groups is 3. The Morgan fingerprint density at radius 2 is 1.73 bits per heavy atom. The number of carbonyl (C=O) groups excluding carboxylic acids is 3. The third-order valence-corrected chi connectivity index (χ3v) is 3.06. The minimum atomic E-state index is -2.50. The Kier molecular flexibility index (Phi) is 13.4. The number of hydrogen-bond donors (Lipinski definition) is 7. The van der Waals surface area contributed by atoms with Crippen molar-refractivity contribution in [2.45, 2.75) is 36.6 Å². The van der Waals surface area contributed by atoms with E-state index in [1.807, 2.05) is 0 Å². The summed E-state index contributed by atoms with van der Waals surface area (Å²) in [5.41, 5.74) is 0. The molecule has 0 amide bonds. The molecule has 7 N–H and O–H groups in total. The van der Waals surface area contributed by atoms with Gasteiger partial charge in [-0.2, -0.15) is 0 Å². The van der Waals surface area contributed by atoms with Crippen LogP contribution in [0.25, 0.3) is 0 Å². The van der Waals surface area contributed by atoms with Gasteiger partial charge in [-0.25, -0.2) is 9.59 Å². The minimum Gasteiger partial charge on any atom is -1.00 e. The zero-order chi connectivity index (χ0) is 18.6. The van der Waals surface area contributed by atoms with Gasteiger partial charge in [0.15, 0.2) is 24.3 Å². The monoisotopic (exact) mass is 400 g/mol. The van der Waals surface area contributed by atoms with E-state index in [1.54, 1.807) is 0 Å². The van der Waals surface area contributed by atoms with Crippen molar-refractivity contribution in [2.24, 2.45) is 0 Å². The maximum absolute atomic E-state index is 11.6. The van der Waals surface area contributed by atoms with Gasteiger partial charge in [0, 0.05) is 0 Å². The van der Waals surface area contributed by atoms with Crippen LogP contribution >= 0.6 is 0 Å². The molecule has 0 saturated carbocycles. The smallest absolute Gasteiger partial charge is 1.00 e. The van der Waals surface area contributed by atoms with Crippen LogP contribution in [0, 0.1) is 0 Å². The molecule has 0 fully saturated rings. The van der Waals surface area contributed by atoms with Crippen molar-refractivity contribution in [3.05, 3.63) is 11.5 Å². The first-order valence-electron chi connectivity index (χ1n) is 6.48. The summed E-state index contributed by atoms with van der Waals surface area (Å²) in [4.78, 5) is 33.3. The summed E-state index contributed by atoms with van der Waals surface area (Å²) in [6.45, 7) is -0.889. The van der Waals surface area contributed by atoms with Crippen molar-refractivity contribution in [1.82, 2.24) is 0 Å². The standard InChI is InChI=1S/C12H16O12.2Na.2H/c13-1-3(15)5(17)6(18)7(19)11(21)24-10-8(20)9(4(16)2-14)23-12(10)22;;;;/h1,3-7,9,14-20H,2H2;;;;/q;2*+1;2*-1/t3-,4-,5+,6-,7-,9+;;;;/m0..../s1. The Balaban J connectivity index is -0.000000720. The third-order valence-electron chi connectivity index (χ3n) is 3.06. The number of aldehydes is 1. The third kappa shape index (κ3) is 6.51. The van der Waals surface area contributed by atoms with Crippen molar-refractivity contribution < 1.29 is 122 Å². The van der Waals surface area contributed by atoms with E-state index < -0.39 is 66.7 Å². The molecular formula is C12H18Na2O12. The molecule has 1 aliphatic rings. The molecule has 1 rings (SSSR count). The van der Waals surface area contributed by atoms with Gasteiger partial charge in [0.2, 0.25) is 0 Å². The average molecular weight is 400 g/mol. The largest absolute Gasteiger partial charge is 1.00 e. The van der Waals surface area contributed by atoms with Crippen LogP contribution in [0.1, 0.15) is 2.85 Å². The topological polar surface area (TPSA) is 211 Å². The number of ether oxygens (including phenoxy) is 2. The van der Waals surface area contributed by atoms with Gasteiger partial charge in [-0.1, -0.05) is 0 Å². The molecule has 0 bridgehead atoms. The molecule has 1 heterocycles. The van der Waals surface area contributed by atoms with Crippen molar-refractivity contribution >= 4 is 18.2 Å². The molecule has 0 aromatic heterocycles. The van der Waals surface area contributed by atoms with Crippen LogP contribution in [-0.4, -0.2) is 97.2 Å². The molecule has 0 saturated heterocycles. The molecule has 0 spiro atoms. The summed E-state index contributed by atoms with van der Waals surface area (Å²) < 4.78 is 8.79.